The van der Waals surface area contributed by atoms with Crippen LogP contribution in [0, 0.1) is 13.8 Å². The number of benzene rings is 2. The Morgan fingerprint density at radius 3 is 2.65 bits per heavy atom. The number of H-pyrrole nitrogens is 1. The second-order valence-corrected chi connectivity index (χ2v) is 6.79. The van der Waals surface area contributed by atoms with E-state index in [9.17, 15) is 9.59 Å². The zero-order valence-electron chi connectivity index (χ0n) is 14.9. The SMILES string of the molecule is Cc1[nH]c2ccc(C(=O)N(C)CC(=O)Nc3cccc(Cl)c3)cc2c1C. The van der Waals surface area contributed by atoms with Gasteiger partial charge in [-0.05, 0) is 55.8 Å². The van der Waals surface area contributed by atoms with Crippen molar-refractivity contribution in [2.75, 3.05) is 18.9 Å². The zero-order valence-corrected chi connectivity index (χ0v) is 15.6. The first-order chi connectivity index (χ1) is 12.3. The molecule has 0 atom stereocenters. The number of carbonyl (C=O) groups is 2. The van der Waals surface area contributed by atoms with Gasteiger partial charge in [-0.15, -0.1) is 0 Å². The van der Waals surface area contributed by atoms with Crippen LogP contribution in [0.1, 0.15) is 21.6 Å². The van der Waals surface area contributed by atoms with Gasteiger partial charge in [-0.2, -0.15) is 0 Å². The van der Waals surface area contributed by atoms with E-state index >= 15 is 0 Å². The number of rotatable bonds is 4. The van der Waals surface area contributed by atoms with Crippen molar-refractivity contribution >= 4 is 40.0 Å². The maximum absolute atomic E-state index is 12.7. The van der Waals surface area contributed by atoms with Crippen molar-refractivity contribution in [1.82, 2.24) is 9.88 Å². The molecule has 26 heavy (non-hydrogen) atoms. The molecule has 2 amide bonds. The van der Waals surface area contributed by atoms with Gasteiger partial charge in [0, 0.05) is 39.9 Å². The Kier molecular flexibility index (Phi) is 5.00. The lowest BCUT2D eigenvalue weighted by Crippen LogP contribution is -2.34. The third-order valence-electron chi connectivity index (χ3n) is 4.39. The fourth-order valence-electron chi connectivity index (χ4n) is 2.87. The van der Waals surface area contributed by atoms with E-state index in [1.807, 2.05) is 26.0 Å². The Morgan fingerprint density at radius 2 is 1.92 bits per heavy atom. The van der Waals surface area contributed by atoms with E-state index in [2.05, 4.69) is 10.3 Å². The minimum atomic E-state index is -0.280. The van der Waals surface area contributed by atoms with Gasteiger partial charge in [0.15, 0.2) is 0 Å². The van der Waals surface area contributed by atoms with Crippen molar-refractivity contribution in [2.24, 2.45) is 0 Å². The number of carbonyl (C=O) groups excluding carboxylic acids is 2. The molecule has 0 fully saturated rings. The van der Waals surface area contributed by atoms with Crippen LogP contribution < -0.4 is 5.32 Å². The molecule has 0 saturated heterocycles. The van der Waals surface area contributed by atoms with Crippen LogP contribution in [0.25, 0.3) is 10.9 Å². The van der Waals surface area contributed by atoms with Crippen molar-refractivity contribution in [1.29, 1.82) is 0 Å². The van der Waals surface area contributed by atoms with Crippen LogP contribution >= 0.6 is 11.6 Å². The Hall–Kier alpha value is -2.79. The van der Waals surface area contributed by atoms with Crippen molar-refractivity contribution in [3.63, 3.8) is 0 Å². The van der Waals surface area contributed by atoms with Crippen LogP contribution in [0.5, 0.6) is 0 Å². The van der Waals surface area contributed by atoms with Gasteiger partial charge in [-0.1, -0.05) is 17.7 Å². The van der Waals surface area contributed by atoms with Gasteiger partial charge in [0.2, 0.25) is 5.91 Å². The third-order valence-corrected chi connectivity index (χ3v) is 4.63. The Balaban J connectivity index is 1.71. The quantitative estimate of drug-likeness (QED) is 0.725. The molecule has 0 aliphatic rings. The first-order valence-corrected chi connectivity index (χ1v) is 8.63. The van der Waals surface area contributed by atoms with Crippen LogP contribution in [-0.4, -0.2) is 35.3 Å². The fourth-order valence-corrected chi connectivity index (χ4v) is 3.06. The molecule has 0 aliphatic carbocycles. The number of nitrogens with zero attached hydrogens (tertiary/aromatic N) is 1. The lowest BCUT2D eigenvalue weighted by atomic mass is 10.1. The van der Waals surface area contributed by atoms with Gasteiger partial charge in [0.1, 0.15) is 0 Å². The number of hydrogen-bond acceptors (Lipinski definition) is 2. The monoisotopic (exact) mass is 369 g/mol. The Morgan fingerprint density at radius 1 is 1.15 bits per heavy atom. The van der Waals surface area contributed by atoms with Crippen molar-refractivity contribution in [3.05, 3.63) is 64.3 Å². The van der Waals surface area contributed by atoms with E-state index in [-0.39, 0.29) is 18.4 Å². The molecule has 0 radical (unpaired) electrons. The van der Waals surface area contributed by atoms with E-state index < -0.39 is 0 Å². The number of aromatic nitrogens is 1. The summed E-state index contributed by atoms with van der Waals surface area (Å²) < 4.78 is 0. The highest BCUT2D eigenvalue weighted by atomic mass is 35.5. The maximum Gasteiger partial charge on any atom is 0.254 e. The molecule has 0 saturated carbocycles. The molecule has 134 valence electrons. The van der Waals surface area contributed by atoms with Crippen molar-refractivity contribution in [2.45, 2.75) is 13.8 Å². The highest BCUT2D eigenvalue weighted by molar-refractivity contribution is 6.30. The molecule has 0 aliphatic heterocycles. The molecule has 3 aromatic rings. The van der Waals surface area contributed by atoms with Crippen molar-refractivity contribution in [3.8, 4) is 0 Å². The summed E-state index contributed by atoms with van der Waals surface area (Å²) in [6.07, 6.45) is 0. The molecule has 0 spiro atoms. The zero-order chi connectivity index (χ0) is 18.8. The van der Waals surface area contributed by atoms with Crippen LogP contribution in [0.15, 0.2) is 42.5 Å². The molecule has 6 heteroatoms. The van der Waals surface area contributed by atoms with Gasteiger partial charge in [-0.3, -0.25) is 9.59 Å². The summed E-state index contributed by atoms with van der Waals surface area (Å²) in [4.78, 5) is 29.5. The van der Waals surface area contributed by atoms with Gasteiger partial charge in [0.05, 0.1) is 6.54 Å². The number of likely N-dealkylation sites (N-methyl/N-ethyl adjacent to an activating group) is 1. The molecule has 5 nitrogen and oxygen atoms in total. The number of amides is 2. The number of fused-ring (bicyclic) bond motifs is 1. The second-order valence-electron chi connectivity index (χ2n) is 6.36. The number of hydrogen-bond donors (Lipinski definition) is 2. The predicted octanol–water partition coefficient (Wildman–Crippen LogP) is 4.15. The average molecular weight is 370 g/mol. The van der Waals surface area contributed by atoms with Gasteiger partial charge < -0.3 is 15.2 Å². The number of anilines is 1. The predicted molar refractivity (Wildman–Crippen MR) is 105 cm³/mol. The largest absolute Gasteiger partial charge is 0.358 e. The summed E-state index contributed by atoms with van der Waals surface area (Å²) >= 11 is 5.91. The molecule has 0 unspecified atom stereocenters. The first-order valence-electron chi connectivity index (χ1n) is 8.25. The molecule has 1 heterocycles. The summed E-state index contributed by atoms with van der Waals surface area (Å²) in [5.74, 6) is -0.482. The van der Waals surface area contributed by atoms with Gasteiger partial charge >= 0.3 is 0 Å². The summed E-state index contributed by atoms with van der Waals surface area (Å²) in [7, 11) is 1.61. The van der Waals surface area contributed by atoms with E-state index in [4.69, 9.17) is 11.6 Å². The molecule has 3 rings (SSSR count). The van der Waals surface area contributed by atoms with Gasteiger partial charge in [0.25, 0.3) is 5.91 Å². The van der Waals surface area contributed by atoms with Crippen LogP contribution in [0.3, 0.4) is 0 Å². The molecule has 1 aromatic heterocycles. The minimum absolute atomic E-state index is 0.0471. The van der Waals surface area contributed by atoms with E-state index in [1.165, 1.54) is 4.90 Å². The molecule has 0 bridgehead atoms. The molecule has 2 N–H and O–H groups in total. The lowest BCUT2D eigenvalue weighted by Gasteiger charge is -2.17. The maximum atomic E-state index is 12.7. The van der Waals surface area contributed by atoms with Gasteiger partial charge in [-0.25, -0.2) is 0 Å². The highest BCUT2D eigenvalue weighted by Gasteiger charge is 2.16. The van der Waals surface area contributed by atoms with E-state index in [1.54, 1.807) is 37.4 Å². The minimum Gasteiger partial charge on any atom is -0.358 e. The van der Waals surface area contributed by atoms with E-state index in [0.717, 1.165) is 22.2 Å². The topological polar surface area (TPSA) is 65.2 Å². The molecular weight excluding hydrogens is 350 g/mol. The lowest BCUT2D eigenvalue weighted by molar-refractivity contribution is -0.116. The van der Waals surface area contributed by atoms with Crippen LogP contribution in [0.2, 0.25) is 5.02 Å². The van der Waals surface area contributed by atoms with Crippen molar-refractivity contribution < 1.29 is 9.59 Å². The number of nitrogens with one attached hydrogen (secondary N) is 2. The fraction of sp³-hybridized carbons (Fsp3) is 0.200. The highest BCUT2D eigenvalue weighted by Crippen LogP contribution is 2.23. The smallest absolute Gasteiger partial charge is 0.254 e. The molecule has 2 aromatic carbocycles. The second kappa shape index (κ2) is 7.22. The normalized spacial score (nSPS) is 10.8. The Labute approximate surface area is 157 Å². The summed E-state index contributed by atoms with van der Waals surface area (Å²) in [6, 6.07) is 12.4. The third kappa shape index (κ3) is 3.73. The standard InChI is InChI=1S/C20H20ClN3O2/c1-12-13(2)22-18-8-7-14(9-17(12)18)20(26)24(3)11-19(25)23-16-6-4-5-15(21)10-16/h4-10,22H,11H2,1-3H3,(H,23,25). The summed E-state index contributed by atoms with van der Waals surface area (Å²) in [5, 5.41) is 4.30. The van der Waals surface area contributed by atoms with Crippen LogP contribution in [0.4, 0.5) is 5.69 Å². The number of aromatic amines is 1. The Bertz CT molecular complexity index is 994. The summed E-state index contributed by atoms with van der Waals surface area (Å²) in [5.41, 5.74) is 4.36. The number of aryl methyl sites for hydroxylation is 2. The average Bonchev–Trinajstić information content (AvgIpc) is 2.88. The summed E-state index contributed by atoms with van der Waals surface area (Å²) in [6.45, 7) is 3.97. The molecular formula is C20H20ClN3O2. The first kappa shape index (κ1) is 18.0. The number of halogens is 1. The van der Waals surface area contributed by atoms with Crippen LogP contribution in [-0.2, 0) is 4.79 Å². The van der Waals surface area contributed by atoms with E-state index in [0.29, 0.717) is 16.3 Å².